The number of hydrogen-bond donors (Lipinski definition) is 4. The van der Waals surface area contributed by atoms with Gasteiger partial charge in [-0.1, -0.05) is 0 Å². The van der Waals surface area contributed by atoms with E-state index < -0.39 is 0 Å². The van der Waals surface area contributed by atoms with Gasteiger partial charge in [-0.15, -0.1) is 0 Å². The van der Waals surface area contributed by atoms with E-state index >= 15 is 0 Å². The number of nitrogens with two attached hydrogens (primary N) is 3. The Morgan fingerprint density at radius 1 is 1.10 bits per heavy atom. The van der Waals surface area contributed by atoms with Crippen LogP contribution in [-0.4, -0.2) is 32.2 Å². The summed E-state index contributed by atoms with van der Waals surface area (Å²) in [5.74, 6) is 0. The van der Waals surface area contributed by atoms with Crippen molar-refractivity contribution in [2.75, 3.05) is 26.2 Å². The fraction of sp³-hybridized carbons (Fsp3) is 1.00. The summed E-state index contributed by atoms with van der Waals surface area (Å²) in [4.78, 5) is 0. The van der Waals surface area contributed by atoms with Gasteiger partial charge in [0, 0.05) is 25.7 Å². The predicted molar refractivity (Wildman–Crippen MR) is 43.6 cm³/mol. The zero-order valence-corrected chi connectivity index (χ0v) is 6.34. The van der Waals surface area contributed by atoms with Gasteiger partial charge >= 0.3 is 0 Å². The molecule has 0 aromatic carbocycles. The minimum absolute atomic E-state index is 0.341. The van der Waals surface area contributed by atoms with Crippen LogP contribution >= 0.6 is 0 Å². The van der Waals surface area contributed by atoms with Crippen LogP contribution in [0.4, 0.5) is 0 Å². The first kappa shape index (κ1) is 9.84. The minimum atomic E-state index is 0.341. The molecule has 0 rings (SSSR count). The SMILES string of the molecule is NCCNC(CN)CCN. The van der Waals surface area contributed by atoms with Crippen molar-refractivity contribution in [1.29, 1.82) is 0 Å². The highest BCUT2D eigenvalue weighted by Gasteiger charge is 2.01. The summed E-state index contributed by atoms with van der Waals surface area (Å²) in [7, 11) is 0. The van der Waals surface area contributed by atoms with E-state index in [2.05, 4.69) is 5.32 Å². The Kier molecular flexibility index (Phi) is 6.84. The Hall–Kier alpha value is -0.160. The third-order valence-electron chi connectivity index (χ3n) is 1.38. The smallest absolute Gasteiger partial charge is 0.0202 e. The highest BCUT2D eigenvalue weighted by atomic mass is 14.9. The second kappa shape index (κ2) is 6.95. The van der Waals surface area contributed by atoms with Crippen molar-refractivity contribution in [2.24, 2.45) is 17.2 Å². The number of nitrogens with one attached hydrogen (secondary N) is 1. The quantitative estimate of drug-likeness (QED) is 0.356. The van der Waals surface area contributed by atoms with Crippen LogP contribution < -0.4 is 22.5 Å². The van der Waals surface area contributed by atoms with Gasteiger partial charge in [-0.05, 0) is 13.0 Å². The van der Waals surface area contributed by atoms with Crippen molar-refractivity contribution in [1.82, 2.24) is 5.32 Å². The molecule has 7 N–H and O–H groups in total. The van der Waals surface area contributed by atoms with Gasteiger partial charge in [0.1, 0.15) is 0 Å². The van der Waals surface area contributed by atoms with Crippen LogP contribution in [0.15, 0.2) is 0 Å². The molecule has 0 spiro atoms. The second-order valence-corrected chi connectivity index (χ2v) is 2.25. The predicted octanol–water partition coefficient (Wildman–Crippen LogP) is -1.79. The molecule has 62 valence electrons. The van der Waals surface area contributed by atoms with E-state index in [9.17, 15) is 0 Å². The summed E-state index contributed by atoms with van der Waals surface area (Å²) in [5.41, 5.74) is 16.1. The second-order valence-electron chi connectivity index (χ2n) is 2.25. The van der Waals surface area contributed by atoms with Crippen LogP contribution in [0.1, 0.15) is 6.42 Å². The van der Waals surface area contributed by atoms with Crippen LogP contribution in [0.5, 0.6) is 0 Å². The van der Waals surface area contributed by atoms with Crippen molar-refractivity contribution >= 4 is 0 Å². The van der Waals surface area contributed by atoms with Gasteiger partial charge in [0.2, 0.25) is 0 Å². The summed E-state index contributed by atoms with van der Waals surface area (Å²) in [5, 5.41) is 3.19. The van der Waals surface area contributed by atoms with E-state index in [1.54, 1.807) is 0 Å². The molecule has 1 atom stereocenters. The Balaban J connectivity index is 3.21. The summed E-state index contributed by atoms with van der Waals surface area (Å²) in [6, 6.07) is 0.341. The average molecular weight is 146 g/mol. The molecule has 0 saturated heterocycles. The van der Waals surface area contributed by atoms with Gasteiger partial charge in [0.05, 0.1) is 0 Å². The van der Waals surface area contributed by atoms with E-state index in [1.807, 2.05) is 0 Å². The molecule has 0 aliphatic carbocycles. The lowest BCUT2D eigenvalue weighted by molar-refractivity contribution is 0.499. The maximum atomic E-state index is 5.44. The normalized spacial score (nSPS) is 13.5. The molecule has 0 radical (unpaired) electrons. The standard InChI is InChI=1S/C6H18N4/c7-2-1-6(5-9)10-4-3-8/h6,10H,1-5,7-9H2. The lowest BCUT2D eigenvalue weighted by Crippen LogP contribution is -2.40. The Morgan fingerprint density at radius 3 is 2.20 bits per heavy atom. The summed E-state index contributed by atoms with van der Waals surface area (Å²) < 4.78 is 0. The molecule has 10 heavy (non-hydrogen) atoms. The topological polar surface area (TPSA) is 90.1 Å². The van der Waals surface area contributed by atoms with Crippen molar-refractivity contribution in [3.8, 4) is 0 Å². The summed E-state index contributed by atoms with van der Waals surface area (Å²) >= 11 is 0. The largest absolute Gasteiger partial charge is 0.330 e. The molecule has 0 fully saturated rings. The van der Waals surface area contributed by atoms with Crippen molar-refractivity contribution in [3.63, 3.8) is 0 Å². The molecule has 0 aromatic heterocycles. The van der Waals surface area contributed by atoms with Crippen LogP contribution in [0.3, 0.4) is 0 Å². The van der Waals surface area contributed by atoms with E-state index in [0.29, 0.717) is 25.7 Å². The van der Waals surface area contributed by atoms with Crippen molar-refractivity contribution in [3.05, 3.63) is 0 Å². The maximum Gasteiger partial charge on any atom is 0.0202 e. The van der Waals surface area contributed by atoms with Gasteiger partial charge in [-0.25, -0.2) is 0 Å². The molecule has 0 bridgehead atoms. The van der Waals surface area contributed by atoms with Crippen LogP contribution in [-0.2, 0) is 0 Å². The van der Waals surface area contributed by atoms with Gasteiger partial charge in [-0.3, -0.25) is 0 Å². The van der Waals surface area contributed by atoms with Crippen LogP contribution in [0.2, 0.25) is 0 Å². The van der Waals surface area contributed by atoms with Crippen LogP contribution in [0.25, 0.3) is 0 Å². The van der Waals surface area contributed by atoms with E-state index in [0.717, 1.165) is 13.0 Å². The molecule has 0 aliphatic rings. The first-order chi connectivity index (χ1) is 4.85. The van der Waals surface area contributed by atoms with Crippen molar-refractivity contribution in [2.45, 2.75) is 12.5 Å². The van der Waals surface area contributed by atoms with Gasteiger partial charge < -0.3 is 22.5 Å². The fourth-order valence-electron chi connectivity index (χ4n) is 0.792. The number of rotatable bonds is 6. The molecular weight excluding hydrogens is 128 g/mol. The Labute approximate surface area is 62.1 Å². The van der Waals surface area contributed by atoms with Gasteiger partial charge in [-0.2, -0.15) is 0 Å². The highest BCUT2D eigenvalue weighted by Crippen LogP contribution is 1.84. The molecule has 0 aliphatic heterocycles. The third kappa shape index (κ3) is 4.69. The Morgan fingerprint density at radius 2 is 1.80 bits per heavy atom. The van der Waals surface area contributed by atoms with E-state index in [1.165, 1.54) is 0 Å². The molecule has 0 heterocycles. The summed E-state index contributed by atoms with van der Waals surface area (Å²) in [6.07, 6.45) is 0.927. The van der Waals surface area contributed by atoms with E-state index in [-0.39, 0.29) is 0 Å². The average Bonchev–Trinajstić information content (AvgIpc) is 1.98. The molecule has 4 heteroatoms. The first-order valence-corrected chi connectivity index (χ1v) is 3.68. The fourth-order valence-corrected chi connectivity index (χ4v) is 0.792. The molecular formula is C6H18N4. The first-order valence-electron chi connectivity index (χ1n) is 3.68. The highest BCUT2D eigenvalue weighted by molar-refractivity contribution is 4.67. The summed E-state index contributed by atoms with van der Waals surface area (Å²) in [6.45, 7) is 2.79. The monoisotopic (exact) mass is 146 g/mol. The lowest BCUT2D eigenvalue weighted by atomic mass is 10.2. The molecule has 0 amide bonds. The molecule has 4 nitrogen and oxygen atoms in total. The minimum Gasteiger partial charge on any atom is -0.330 e. The van der Waals surface area contributed by atoms with E-state index in [4.69, 9.17) is 17.2 Å². The maximum absolute atomic E-state index is 5.44. The lowest BCUT2D eigenvalue weighted by Gasteiger charge is -2.14. The van der Waals surface area contributed by atoms with Gasteiger partial charge in [0.15, 0.2) is 0 Å². The Bertz CT molecular complexity index is 66.8. The van der Waals surface area contributed by atoms with Crippen LogP contribution in [0, 0.1) is 0 Å². The zero-order chi connectivity index (χ0) is 7.82. The molecule has 0 aromatic rings. The molecule has 0 saturated carbocycles. The van der Waals surface area contributed by atoms with Crippen molar-refractivity contribution < 1.29 is 0 Å². The third-order valence-corrected chi connectivity index (χ3v) is 1.38. The number of hydrogen-bond acceptors (Lipinski definition) is 4. The molecule has 1 unspecified atom stereocenters. The van der Waals surface area contributed by atoms with Gasteiger partial charge in [0.25, 0.3) is 0 Å². The zero-order valence-electron chi connectivity index (χ0n) is 6.34.